The van der Waals surface area contributed by atoms with E-state index < -0.39 is 21.8 Å². The van der Waals surface area contributed by atoms with E-state index in [9.17, 15) is 18.0 Å². The second kappa shape index (κ2) is 8.84. The average Bonchev–Trinajstić information content (AvgIpc) is 3.40. The van der Waals surface area contributed by atoms with Crippen LogP contribution < -0.4 is 16.0 Å². The van der Waals surface area contributed by atoms with Crippen LogP contribution in [0, 0.1) is 0 Å². The van der Waals surface area contributed by atoms with E-state index in [4.69, 9.17) is 5.73 Å². The zero-order valence-electron chi connectivity index (χ0n) is 18.3. The van der Waals surface area contributed by atoms with Crippen molar-refractivity contribution in [3.05, 3.63) is 39.8 Å². The Balaban J connectivity index is 1.76. The largest absolute Gasteiger partial charge is 0.371 e. The number of carbonyl (C=O) groups is 2. The van der Waals surface area contributed by atoms with Gasteiger partial charge in [-0.1, -0.05) is 0 Å². The average molecular weight is 477 g/mol. The van der Waals surface area contributed by atoms with E-state index in [1.807, 2.05) is 0 Å². The first-order valence-electron chi connectivity index (χ1n) is 10.8. The van der Waals surface area contributed by atoms with Crippen LogP contribution in [-0.2, 0) is 22.9 Å². The fraction of sp³-hybridized carbons (Fsp3) is 0.455. The van der Waals surface area contributed by atoms with E-state index >= 15 is 0 Å². The topological polar surface area (TPSA) is 113 Å². The second-order valence-corrected chi connectivity index (χ2v) is 11.7. The van der Waals surface area contributed by atoms with Gasteiger partial charge in [0, 0.05) is 37.7 Å². The Morgan fingerprint density at radius 1 is 1.09 bits per heavy atom. The Morgan fingerprint density at radius 2 is 1.78 bits per heavy atom. The lowest BCUT2D eigenvalue weighted by Gasteiger charge is -2.22. The summed E-state index contributed by atoms with van der Waals surface area (Å²) >= 11 is 1.39. The van der Waals surface area contributed by atoms with Crippen LogP contribution in [0.3, 0.4) is 0 Å². The highest BCUT2D eigenvalue weighted by atomic mass is 32.2. The molecule has 1 aromatic carbocycles. The Morgan fingerprint density at radius 3 is 2.44 bits per heavy atom. The summed E-state index contributed by atoms with van der Waals surface area (Å²) in [7, 11) is -0.792. The van der Waals surface area contributed by atoms with Gasteiger partial charge in [-0.3, -0.25) is 9.59 Å². The summed E-state index contributed by atoms with van der Waals surface area (Å²) in [6.45, 7) is 1.61. The number of hydrogen-bond donors (Lipinski definition) is 2. The van der Waals surface area contributed by atoms with Gasteiger partial charge in [-0.25, -0.2) is 12.7 Å². The van der Waals surface area contributed by atoms with Crippen LogP contribution in [0.4, 0.5) is 10.7 Å². The highest BCUT2D eigenvalue weighted by Crippen LogP contribution is 2.38. The summed E-state index contributed by atoms with van der Waals surface area (Å²) in [5, 5.41) is 3.33. The van der Waals surface area contributed by atoms with Gasteiger partial charge in [-0.05, 0) is 62.3 Å². The number of fused-ring (bicyclic) bond motifs is 1. The molecule has 2 aromatic rings. The Kier molecular flexibility index (Phi) is 6.28. The van der Waals surface area contributed by atoms with E-state index in [1.54, 1.807) is 12.1 Å². The van der Waals surface area contributed by atoms with E-state index in [2.05, 4.69) is 10.2 Å². The summed E-state index contributed by atoms with van der Waals surface area (Å²) in [6.07, 6.45) is 5.70. The zero-order chi connectivity index (χ0) is 23.0. The van der Waals surface area contributed by atoms with Crippen LogP contribution in [-0.4, -0.2) is 51.7 Å². The minimum Gasteiger partial charge on any atom is -0.371 e. The van der Waals surface area contributed by atoms with Gasteiger partial charge in [0.05, 0.1) is 16.0 Å². The molecule has 172 valence electrons. The molecule has 2 heterocycles. The highest BCUT2D eigenvalue weighted by Gasteiger charge is 2.28. The third-order valence-corrected chi connectivity index (χ3v) is 9.10. The molecular formula is C22H28N4O4S2. The van der Waals surface area contributed by atoms with Gasteiger partial charge < -0.3 is 16.0 Å². The molecule has 2 amide bonds. The maximum absolute atomic E-state index is 13.4. The first-order chi connectivity index (χ1) is 15.2. The van der Waals surface area contributed by atoms with Crippen molar-refractivity contribution in [1.29, 1.82) is 0 Å². The van der Waals surface area contributed by atoms with Gasteiger partial charge in [0.15, 0.2) is 0 Å². The lowest BCUT2D eigenvalue weighted by atomic mass is 9.95. The van der Waals surface area contributed by atoms with E-state index in [1.165, 1.54) is 31.5 Å². The van der Waals surface area contributed by atoms with Crippen molar-refractivity contribution in [3.63, 3.8) is 0 Å². The van der Waals surface area contributed by atoms with Crippen molar-refractivity contribution in [3.8, 4) is 0 Å². The number of carbonyl (C=O) groups excluding carboxylic acids is 2. The third kappa shape index (κ3) is 4.14. The van der Waals surface area contributed by atoms with Gasteiger partial charge in [0.2, 0.25) is 10.0 Å². The third-order valence-electron chi connectivity index (χ3n) is 6.08. The molecule has 0 radical (unpaired) electrons. The van der Waals surface area contributed by atoms with Gasteiger partial charge in [-0.15, -0.1) is 11.3 Å². The molecule has 0 saturated carbocycles. The number of sulfonamides is 1. The smallest absolute Gasteiger partial charge is 0.258 e. The number of rotatable bonds is 6. The van der Waals surface area contributed by atoms with E-state index in [0.717, 1.165) is 66.4 Å². The van der Waals surface area contributed by atoms with Gasteiger partial charge in [0.25, 0.3) is 11.8 Å². The molecule has 2 aliphatic rings. The van der Waals surface area contributed by atoms with Crippen molar-refractivity contribution in [1.82, 2.24) is 4.31 Å². The molecule has 1 aromatic heterocycles. The van der Waals surface area contributed by atoms with Crippen LogP contribution in [0.25, 0.3) is 0 Å². The van der Waals surface area contributed by atoms with Crippen LogP contribution in [0.15, 0.2) is 23.1 Å². The molecule has 0 bridgehead atoms. The number of hydrogen-bond acceptors (Lipinski definition) is 6. The Bertz CT molecular complexity index is 1160. The highest BCUT2D eigenvalue weighted by molar-refractivity contribution is 7.89. The number of nitrogens with one attached hydrogen (secondary N) is 1. The molecule has 0 spiro atoms. The summed E-state index contributed by atoms with van der Waals surface area (Å²) in [5.74, 6) is -0.993. The first-order valence-corrected chi connectivity index (χ1v) is 13.0. The number of nitrogens with zero attached hydrogens (tertiary/aromatic N) is 2. The summed E-state index contributed by atoms with van der Waals surface area (Å²) in [4.78, 5) is 28.9. The predicted octanol–water partition coefficient (Wildman–Crippen LogP) is 2.83. The Labute approximate surface area is 192 Å². The molecule has 10 heteroatoms. The van der Waals surface area contributed by atoms with Crippen LogP contribution in [0.5, 0.6) is 0 Å². The minimum atomic E-state index is -3.71. The number of amides is 2. The van der Waals surface area contributed by atoms with Gasteiger partial charge >= 0.3 is 0 Å². The maximum atomic E-state index is 13.4. The lowest BCUT2D eigenvalue weighted by Crippen LogP contribution is -2.26. The summed E-state index contributed by atoms with van der Waals surface area (Å²) < 4.78 is 26.5. The summed E-state index contributed by atoms with van der Waals surface area (Å²) in [5.41, 5.74) is 7.96. The number of anilines is 2. The molecule has 8 nitrogen and oxygen atoms in total. The molecule has 3 N–H and O–H groups in total. The van der Waals surface area contributed by atoms with Crippen molar-refractivity contribution in [2.24, 2.45) is 5.73 Å². The minimum absolute atomic E-state index is 0.0520. The van der Waals surface area contributed by atoms with Crippen molar-refractivity contribution in [2.45, 2.75) is 43.4 Å². The van der Waals surface area contributed by atoms with Gasteiger partial charge in [-0.2, -0.15) is 0 Å². The number of primary amides is 1. The van der Waals surface area contributed by atoms with E-state index in [-0.39, 0.29) is 10.5 Å². The molecule has 1 saturated heterocycles. The molecule has 0 atom stereocenters. The Hall–Kier alpha value is -2.43. The van der Waals surface area contributed by atoms with Gasteiger partial charge in [0.1, 0.15) is 5.00 Å². The van der Waals surface area contributed by atoms with Crippen LogP contribution in [0.2, 0.25) is 0 Å². The standard InChI is InChI=1S/C22H28N4O4S2/c1-25(2)32(29,30)14-9-10-17(26-11-5-6-12-26)16(13-14)21(28)24-22-19(20(23)27)15-7-3-4-8-18(15)31-22/h9-10,13H,3-8,11-12H2,1-2H3,(H2,23,27)(H,24,28). The molecule has 1 fully saturated rings. The first kappa shape index (κ1) is 22.8. The zero-order valence-corrected chi connectivity index (χ0v) is 19.9. The molecule has 1 aliphatic heterocycles. The van der Waals surface area contributed by atoms with Crippen LogP contribution in [0.1, 0.15) is 56.8 Å². The fourth-order valence-electron chi connectivity index (χ4n) is 4.39. The monoisotopic (exact) mass is 476 g/mol. The van der Waals surface area contributed by atoms with Crippen molar-refractivity contribution < 1.29 is 18.0 Å². The number of benzene rings is 1. The second-order valence-electron chi connectivity index (χ2n) is 8.39. The molecule has 0 unspecified atom stereocenters. The number of thiophene rings is 1. The number of aryl methyl sites for hydroxylation is 1. The predicted molar refractivity (Wildman–Crippen MR) is 126 cm³/mol. The molecule has 32 heavy (non-hydrogen) atoms. The summed E-state index contributed by atoms with van der Waals surface area (Å²) in [6, 6.07) is 4.67. The normalized spacial score (nSPS) is 16.3. The van der Waals surface area contributed by atoms with Crippen LogP contribution >= 0.6 is 11.3 Å². The lowest BCUT2D eigenvalue weighted by molar-refractivity contribution is 0.100. The fourth-order valence-corrected chi connectivity index (χ4v) is 6.61. The SMILES string of the molecule is CN(C)S(=O)(=O)c1ccc(N2CCCC2)c(C(=O)Nc2sc3c(c2C(N)=O)CCCC3)c1. The quantitative estimate of drug-likeness (QED) is 0.666. The van der Waals surface area contributed by atoms with E-state index in [0.29, 0.717) is 16.3 Å². The maximum Gasteiger partial charge on any atom is 0.258 e. The van der Waals surface area contributed by atoms with Crippen molar-refractivity contribution in [2.75, 3.05) is 37.4 Å². The van der Waals surface area contributed by atoms with Crippen molar-refractivity contribution >= 4 is 43.9 Å². The molecule has 1 aliphatic carbocycles. The number of nitrogens with two attached hydrogens (primary N) is 1. The molecule has 4 rings (SSSR count). The molecular weight excluding hydrogens is 448 g/mol.